The Balaban J connectivity index is 1.29. The third kappa shape index (κ3) is 5.16. The van der Waals surface area contributed by atoms with Crippen molar-refractivity contribution in [3.8, 4) is 0 Å². The van der Waals surface area contributed by atoms with Crippen LogP contribution in [0.2, 0.25) is 5.02 Å². The van der Waals surface area contributed by atoms with Crippen LogP contribution in [0.5, 0.6) is 0 Å². The van der Waals surface area contributed by atoms with E-state index in [2.05, 4.69) is 26.7 Å². The number of aliphatic hydroxyl groups excluding tert-OH is 1. The summed E-state index contributed by atoms with van der Waals surface area (Å²) in [5.41, 5.74) is 8.92. The molecule has 1 aromatic heterocycles. The standard InChI is InChI=1S/C26H35ClN6O2/c1-17-14-22(34)24-23(17)25(30-16-29-24)32-10-12-33(13-11-32)26(35)21(18-2-4-19(27)5-3-18)15-31-8-6-20(28)7-9-31/h2-5,16-17,20-22,34H,6-15,28H2,1H3/t17-,21-,22-/m1/s1. The molecule has 1 aliphatic carbocycles. The molecule has 5 rings (SSSR count). The van der Waals surface area contributed by atoms with Crippen molar-refractivity contribution in [3.63, 3.8) is 0 Å². The number of halogens is 1. The van der Waals surface area contributed by atoms with Crippen molar-refractivity contribution in [3.05, 3.63) is 52.4 Å². The van der Waals surface area contributed by atoms with Gasteiger partial charge in [0.05, 0.1) is 17.7 Å². The molecule has 2 saturated heterocycles. The molecule has 1 aromatic carbocycles. The van der Waals surface area contributed by atoms with Crippen molar-refractivity contribution >= 4 is 23.3 Å². The molecule has 1 amide bonds. The molecule has 8 nitrogen and oxygen atoms in total. The highest BCUT2D eigenvalue weighted by atomic mass is 35.5. The zero-order valence-corrected chi connectivity index (χ0v) is 21.1. The molecule has 0 saturated carbocycles. The quantitative estimate of drug-likeness (QED) is 0.653. The van der Waals surface area contributed by atoms with Crippen molar-refractivity contribution in [2.45, 2.75) is 50.2 Å². The molecule has 2 aromatic rings. The maximum atomic E-state index is 13.8. The molecule has 0 unspecified atom stereocenters. The monoisotopic (exact) mass is 498 g/mol. The van der Waals surface area contributed by atoms with E-state index in [4.69, 9.17) is 17.3 Å². The number of rotatable bonds is 5. The molecule has 3 atom stereocenters. The van der Waals surface area contributed by atoms with E-state index in [0.717, 1.165) is 48.6 Å². The largest absolute Gasteiger partial charge is 0.387 e. The van der Waals surface area contributed by atoms with Crippen LogP contribution in [0.1, 0.15) is 60.9 Å². The molecular formula is C26H35ClN6O2. The fraction of sp³-hybridized carbons (Fsp3) is 0.577. The van der Waals surface area contributed by atoms with Crippen LogP contribution in [-0.4, -0.2) is 82.6 Å². The molecule has 9 heteroatoms. The number of anilines is 1. The lowest BCUT2D eigenvalue weighted by atomic mass is 9.95. The van der Waals surface area contributed by atoms with E-state index in [1.54, 1.807) is 6.33 Å². The van der Waals surface area contributed by atoms with E-state index in [1.165, 1.54) is 0 Å². The van der Waals surface area contributed by atoms with Gasteiger partial charge in [-0.3, -0.25) is 4.79 Å². The van der Waals surface area contributed by atoms with Crippen molar-refractivity contribution in [2.75, 3.05) is 50.7 Å². The van der Waals surface area contributed by atoms with E-state index >= 15 is 0 Å². The van der Waals surface area contributed by atoms with Gasteiger partial charge in [0.1, 0.15) is 12.1 Å². The van der Waals surface area contributed by atoms with E-state index < -0.39 is 6.10 Å². The average molecular weight is 499 g/mol. The highest BCUT2D eigenvalue weighted by Crippen LogP contribution is 2.42. The number of hydrogen-bond donors (Lipinski definition) is 2. The highest BCUT2D eigenvalue weighted by Gasteiger charge is 2.35. The number of fused-ring (bicyclic) bond motifs is 1. The maximum absolute atomic E-state index is 13.8. The van der Waals surface area contributed by atoms with Crippen LogP contribution in [-0.2, 0) is 4.79 Å². The summed E-state index contributed by atoms with van der Waals surface area (Å²) in [6, 6.07) is 7.96. The van der Waals surface area contributed by atoms with Crippen LogP contribution in [0.15, 0.2) is 30.6 Å². The minimum absolute atomic E-state index is 0.165. The molecule has 3 aliphatic rings. The molecule has 35 heavy (non-hydrogen) atoms. The first-order valence-electron chi connectivity index (χ1n) is 12.7. The maximum Gasteiger partial charge on any atom is 0.231 e. The number of carbonyl (C=O) groups excluding carboxylic acids is 1. The molecular weight excluding hydrogens is 464 g/mol. The molecule has 3 heterocycles. The number of likely N-dealkylation sites (tertiary alicyclic amines) is 1. The zero-order valence-electron chi connectivity index (χ0n) is 20.3. The Morgan fingerprint density at radius 2 is 1.80 bits per heavy atom. The Kier molecular flexibility index (Phi) is 7.25. The topological polar surface area (TPSA) is 98.8 Å². The van der Waals surface area contributed by atoms with Gasteiger partial charge in [0.2, 0.25) is 5.91 Å². The number of amides is 1. The first-order valence-corrected chi connectivity index (χ1v) is 13.1. The Bertz CT molecular complexity index is 1030. The Morgan fingerprint density at radius 3 is 2.49 bits per heavy atom. The Hall–Kier alpha value is -2.26. The molecule has 188 valence electrons. The summed E-state index contributed by atoms with van der Waals surface area (Å²) in [6.07, 6.45) is 3.65. The third-order valence-corrected chi connectivity index (χ3v) is 8.07. The lowest BCUT2D eigenvalue weighted by Crippen LogP contribution is -2.52. The van der Waals surface area contributed by atoms with Crippen LogP contribution in [0.4, 0.5) is 5.82 Å². The van der Waals surface area contributed by atoms with Gasteiger partial charge < -0.3 is 25.5 Å². The predicted octanol–water partition coefficient (Wildman–Crippen LogP) is 2.53. The molecule has 0 bridgehead atoms. The lowest BCUT2D eigenvalue weighted by Gasteiger charge is -2.39. The van der Waals surface area contributed by atoms with Crippen LogP contribution in [0.3, 0.4) is 0 Å². The number of benzene rings is 1. The van der Waals surface area contributed by atoms with E-state index in [9.17, 15) is 9.90 Å². The van der Waals surface area contributed by atoms with Crippen LogP contribution in [0, 0.1) is 0 Å². The van der Waals surface area contributed by atoms with Crippen LogP contribution >= 0.6 is 11.6 Å². The number of carbonyl (C=O) groups is 1. The number of piperazine rings is 1. The van der Waals surface area contributed by atoms with Gasteiger partial charge >= 0.3 is 0 Å². The lowest BCUT2D eigenvalue weighted by molar-refractivity contribution is -0.133. The van der Waals surface area contributed by atoms with Gasteiger partial charge in [-0.05, 0) is 56.0 Å². The van der Waals surface area contributed by atoms with Gasteiger partial charge in [0.15, 0.2) is 0 Å². The smallest absolute Gasteiger partial charge is 0.231 e. The minimum Gasteiger partial charge on any atom is -0.387 e. The second-order valence-electron chi connectivity index (χ2n) is 10.2. The Labute approximate surface area is 212 Å². The van der Waals surface area contributed by atoms with Crippen LogP contribution < -0.4 is 10.6 Å². The van der Waals surface area contributed by atoms with Gasteiger partial charge in [0, 0.05) is 49.4 Å². The summed E-state index contributed by atoms with van der Waals surface area (Å²) in [7, 11) is 0. The van der Waals surface area contributed by atoms with Crippen molar-refractivity contribution in [1.82, 2.24) is 19.8 Å². The summed E-state index contributed by atoms with van der Waals surface area (Å²) in [6.45, 7) is 7.37. The summed E-state index contributed by atoms with van der Waals surface area (Å²) in [4.78, 5) is 29.3. The van der Waals surface area contributed by atoms with Crippen molar-refractivity contribution in [1.29, 1.82) is 0 Å². The molecule has 0 radical (unpaired) electrons. The van der Waals surface area contributed by atoms with Gasteiger partial charge in [-0.25, -0.2) is 9.97 Å². The van der Waals surface area contributed by atoms with Crippen LogP contribution in [0.25, 0.3) is 0 Å². The molecule has 3 N–H and O–H groups in total. The zero-order chi connectivity index (χ0) is 24.5. The first-order chi connectivity index (χ1) is 16.9. The highest BCUT2D eigenvalue weighted by molar-refractivity contribution is 6.30. The van der Waals surface area contributed by atoms with Gasteiger partial charge in [-0.1, -0.05) is 30.7 Å². The van der Waals surface area contributed by atoms with Crippen molar-refractivity contribution in [2.24, 2.45) is 5.73 Å². The first kappa shape index (κ1) is 24.4. The van der Waals surface area contributed by atoms with Crippen molar-refractivity contribution < 1.29 is 9.90 Å². The van der Waals surface area contributed by atoms with Gasteiger partial charge in [-0.15, -0.1) is 0 Å². The number of piperidine rings is 1. The summed E-state index contributed by atoms with van der Waals surface area (Å²) in [5.74, 6) is 1.07. The fourth-order valence-corrected chi connectivity index (χ4v) is 5.85. The number of nitrogens with two attached hydrogens (primary N) is 1. The van der Waals surface area contributed by atoms with E-state index in [0.29, 0.717) is 44.2 Å². The molecule has 2 aliphatic heterocycles. The van der Waals surface area contributed by atoms with Gasteiger partial charge in [0.25, 0.3) is 0 Å². The average Bonchev–Trinajstić information content (AvgIpc) is 3.17. The second kappa shape index (κ2) is 10.4. The number of hydrogen-bond acceptors (Lipinski definition) is 7. The van der Waals surface area contributed by atoms with E-state index in [1.807, 2.05) is 29.2 Å². The minimum atomic E-state index is -0.519. The molecule has 2 fully saturated rings. The number of nitrogens with zero attached hydrogens (tertiary/aromatic N) is 5. The van der Waals surface area contributed by atoms with E-state index in [-0.39, 0.29) is 23.8 Å². The summed E-state index contributed by atoms with van der Waals surface area (Å²) >= 11 is 6.14. The predicted molar refractivity (Wildman–Crippen MR) is 137 cm³/mol. The molecule has 0 spiro atoms. The SMILES string of the molecule is C[C@@H]1C[C@@H](O)c2ncnc(N3CCN(C(=O)[C@H](CN4CCC(N)CC4)c4ccc(Cl)cc4)CC3)c21. The number of aromatic nitrogens is 2. The normalized spacial score (nSPS) is 24.5. The second-order valence-corrected chi connectivity index (χ2v) is 10.6. The number of aliphatic hydroxyl groups is 1. The van der Waals surface area contributed by atoms with Gasteiger partial charge in [-0.2, -0.15) is 0 Å². The summed E-state index contributed by atoms with van der Waals surface area (Å²) in [5, 5.41) is 11.0. The third-order valence-electron chi connectivity index (χ3n) is 7.81. The Morgan fingerprint density at radius 1 is 1.11 bits per heavy atom. The summed E-state index contributed by atoms with van der Waals surface area (Å²) < 4.78 is 0. The fourth-order valence-electron chi connectivity index (χ4n) is 5.73.